The molecule has 0 aliphatic rings. The van der Waals surface area contributed by atoms with Gasteiger partial charge in [-0.25, -0.2) is 4.39 Å². The zero-order valence-corrected chi connectivity index (χ0v) is 8.53. The van der Waals surface area contributed by atoms with Gasteiger partial charge in [-0.15, -0.1) is 0 Å². The van der Waals surface area contributed by atoms with E-state index in [1.165, 1.54) is 6.20 Å². The largest absolute Gasteiger partial charge is 0.352 e. The van der Waals surface area contributed by atoms with Gasteiger partial charge >= 0.3 is 0 Å². The zero-order valence-electron chi connectivity index (χ0n) is 8.53. The predicted molar refractivity (Wildman–Crippen MR) is 56.0 cm³/mol. The molecule has 1 heterocycles. The van der Waals surface area contributed by atoms with Crippen LogP contribution in [0.25, 0.3) is 0 Å². The van der Waals surface area contributed by atoms with Gasteiger partial charge in [0.2, 0.25) is 0 Å². The first-order valence-electron chi connectivity index (χ1n) is 4.74. The Kier molecular flexibility index (Phi) is 4.47. The fourth-order valence-corrected chi connectivity index (χ4v) is 1.07. The van der Waals surface area contributed by atoms with Gasteiger partial charge in [0.25, 0.3) is 5.91 Å². The molecule has 0 radical (unpaired) electrons. The first kappa shape index (κ1) is 11.4. The minimum absolute atomic E-state index is 0.246. The summed E-state index contributed by atoms with van der Waals surface area (Å²) < 4.78 is 12.7. The molecule has 80 valence electrons. The van der Waals surface area contributed by atoms with Crippen molar-refractivity contribution in [1.82, 2.24) is 10.3 Å². The van der Waals surface area contributed by atoms with Crippen LogP contribution in [0.3, 0.4) is 0 Å². The molecule has 0 saturated heterocycles. The lowest BCUT2D eigenvalue weighted by atomic mass is 10.2. The first-order chi connectivity index (χ1) is 7.24. The molecule has 4 heteroatoms. The maximum absolute atomic E-state index is 12.7. The summed E-state index contributed by atoms with van der Waals surface area (Å²) in [6.07, 6.45) is 7.04. The highest BCUT2D eigenvalue weighted by molar-refractivity contribution is 5.93. The topological polar surface area (TPSA) is 42.0 Å². The number of carbonyl (C=O) groups is 1. The average molecular weight is 208 g/mol. The number of nitrogens with one attached hydrogen (secondary N) is 1. The molecule has 0 saturated carbocycles. The molecule has 1 N–H and O–H groups in total. The van der Waals surface area contributed by atoms with Crippen LogP contribution in [-0.2, 0) is 0 Å². The smallest absolute Gasteiger partial charge is 0.252 e. The van der Waals surface area contributed by atoms with Gasteiger partial charge in [0.15, 0.2) is 0 Å². The first-order valence-corrected chi connectivity index (χ1v) is 4.74. The average Bonchev–Trinajstić information content (AvgIpc) is 2.24. The van der Waals surface area contributed by atoms with E-state index >= 15 is 0 Å². The summed E-state index contributed by atoms with van der Waals surface area (Å²) in [5, 5.41) is 2.66. The van der Waals surface area contributed by atoms with Crippen molar-refractivity contribution in [2.24, 2.45) is 0 Å². The van der Waals surface area contributed by atoms with E-state index in [2.05, 4.69) is 10.3 Å². The summed E-state index contributed by atoms with van der Waals surface area (Å²) in [5.74, 6) is -0.803. The number of halogens is 1. The third-order valence-corrected chi connectivity index (χ3v) is 1.80. The summed E-state index contributed by atoms with van der Waals surface area (Å²) in [5.41, 5.74) is 0.246. The van der Waals surface area contributed by atoms with Crippen LogP contribution in [0.1, 0.15) is 23.7 Å². The van der Waals surface area contributed by atoms with E-state index in [1.807, 2.05) is 19.1 Å². The van der Waals surface area contributed by atoms with Crippen LogP contribution in [-0.4, -0.2) is 17.4 Å². The van der Waals surface area contributed by atoms with Crippen molar-refractivity contribution in [3.05, 3.63) is 42.0 Å². The Morgan fingerprint density at radius 2 is 2.40 bits per heavy atom. The lowest BCUT2D eigenvalue weighted by Crippen LogP contribution is -2.24. The van der Waals surface area contributed by atoms with Crippen molar-refractivity contribution in [1.29, 1.82) is 0 Å². The van der Waals surface area contributed by atoms with Gasteiger partial charge in [-0.3, -0.25) is 9.78 Å². The second-order valence-electron chi connectivity index (χ2n) is 3.01. The Bertz CT molecular complexity index is 363. The van der Waals surface area contributed by atoms with Crippen molar-refractivity contribution in [3.63, 3.8) is 0 Å². The Balaban J connectivity index is 2.47. The number of hydrogen-bond donors (Lipinski definition) is 1. The van der Waals surface area contributed by atoms with Gasteiger partial charge in [-0.2, -0.15) is 0 Å². The molecule has 0 aliphatic heterocycles. The van der Waals surface area contributed by atoms with Gasteiger partial charge in [-0.1, -0.05) is 12.2 Å². The third-order valence-electron chi connectivity index (χ3n) is 1.80. The number of nitrogens with zero attached hydrogens (tertiary/aromatic N) is 1. The second-order valence-corrected chi connectivity index (χ2v) is 3.01. The summed E-state index contributed by atoms with van der Waals surface area (Å²) >= 11 is 0. The van der Waals surface area contributed by atoms with Crippen molar-refractivity contribution < 1.29 is 9.18 Å². The van der Waals surface area contributed by atoms with Crippen molar-refractivity contribution >= 4 is 5.91 Å². The lowest BCUT2D eigenvalue weighted by molar-refractivity contribution is 0.0953. The highest BCUT2D eigenvalue weighted by atomic mass is 19.1. The molecule has 1 amide bonds. The van der Waals surface area contributed by atoms with E-state index in [4.69, 9.17) is 0 Å². The Morgan fingerprint density at radius 3 is 3.07 bits per heavy atom. The van der Waals surface area contributed by atoms with Gasteiger partial charge in [0, 0.05) is 12.7 Å². The van der Waals surface area contributed by atoms with Gasteiger partial charge < -0.3 is 5.32 Å². The van der Waals surface area contributed by atoms with Gasteiger partial charge in [-0.05, 0) is 19.4 Å². The van der Waals surface area contributed by atoms with Crippen LogP contribution in [0, 0.1) is 5.82 Å². The number of hydrogen-bond acceptors (Lipinski definition) is 2. The van der Waals surface area contributed by atoms with Crippen molar-refractivity contribution in [2.75, 3.05) is 6.54 Å². The number of rotatable bonds is 4. The standard InChI is InChI=1S/C11H13FN2O/c1-2-3-4-5-14-11(15)9-6-10(12)8-13-7-9/h2-3,6-8H,4-5H2,1H3,(H,14,15)/b3-2+. The van der Waals surface area contributed by atoms with Crippen LogP contribution in [0.15, 0.2) is 30.6 Å². The quantitative estimate of drug-likeness (QED) is 0.606. The molecular weight excluding hydrogens is 195 g/mol. The summed E-state index contributed by atoms with van der Waals surface area (Å²) in [6, 6.07) is 1.16. The monoisotopic (exact) mass is 208 g/mol. The number of allylic oxidation sites excluding steroid dienone is 1. The molecule has 0 spiro atoms. The molecule has 0 aromatic carbocycles. The van der Waals surface area contributed by atoms with Crippen molar-refractivity contribution in [3.8, 4) is 0 Å². The summed E-state index contributed by atoms with van der Waals surface area (Å²) in [6.45, 7) is 2.46. The molecule has 0 atom stereocenters. The second kappa shape index (κ2) is 5.90. The number of carbonyl (C=O) groups excluding carboxylic acids is 1. The molecular formula is C11H13FN2O. The van der Waals surface area contributed by atoms with E-state index < -0.39 is 5.82 Å². The summed E-state index contributed by atoms with van der Waals surface area (Å²) in [7, 11) is 0. The van der Waals surface area contributed by atoms with Crippen LogP contribution in [0.5, 0.6) is 0 Å². The van der Waals surface area contributed by atoms with Gasteiger partial charge in [0.1, 0.15) is 5.82 Å². The normalized spacial score (nSPS) is 10.5. The number of pyridine rings is 1. The van der Waals surface area contributed by atoms with E-state index in [0.29, 0.717) is 6.54 Å². The minimum Gasteiger partial charge on any atom is -0.352 e. The summed E-state index contributed by atoms with van der Waals surface area (Å²) in [4.78, 5) is 15.0. The van der Waals surface area contributed by atoms with Crippen LogP contribution in [0.2, 0.25) is 0 Å². The highest BCUT2D eigenvalue weighted by Crippen LogP contribution is 2.00. The molecule has 0 fully saturated rings. The van der Waals surface area contributed by atoms with Crippen molar-refractivity contribution in [2.45, 2.75) is 13.3 Å². The maximum atomic E-state index is 12.7. The molecule has 0 aliphatic carbocycles. The van der Waals surface area contributed by atoms with E-state index in [0.717, 1.165) is 18.7 Å². The maximum Gasteiger partial charge on any atom is 0.252 e. The van der Waals surface area contributed by atoms with E-state index in [9.17, 15) is 9.18 Å². The molecule has 1 aromatic rings. The SMILES string of the molecule is C/C=C/CCNC(=O)c1cncc(F)c1. The third kappa shape index (κ3) is 3.89. The Labute approximate surface area is 88.0 Å². The van der Waals surface area contributed by atoms with Gasteiger partial charge in [0.05, 0.1) is 11.8 Å². The predicted octanol–water partition coefficient (Wildman–Crippen LogP) is 1.92. The molecule has 0 bridgehead atoms. The minimum atomic E-state index is -0.504. The van der Waals surface area contributed by atoms with E-state index in [-0.39, 0.29) is 11.5 Å². The molecule has 0 unspecified atom stereocenters. The van der Waals surface area contributed by atoms with Crippen LogP contribution < -0.4 is 5.32 Å². The Morgan fingerprint density at radius 1 is 1.60 bits per heavy atom. The van der Waals surface area contributed by atoms with E-state index in [1.54, 1.807) is 0 Å². The zero-order chi connectivity index (χ0) is 11.1. The number of aromatic nitrogens is 1. The lowest BCUT2D eigenvalue weighted by Gasteiger charge is -2.02. The van der Waals surface area contributed by atoms with Crippen LogP contribution in [0.4, 0.5) is 4.39 Å². The molecule has 15 heavy (non-hydrogen) atoms. The number of amides is 1. The fourth-order valence-electron chi connectivity index (χ4n) is 1.07. The molecule has 1 rings (SSSR count). The van der Waals surface area contributed by atoms with Crippen LogP contribution >= 0.6 is 0 Å². The Hall–Kier alpha value is -1.71. The molecule has 3 nitrogen and oxygen atoms in total. The molecule has 1 aromatic heterocycles. The fraction of sp³-hybridized carbons (Fsp3) is 0.273. The highest BCUT2D eigenvalue weighted by Gasteiger charge is 2.05.